The Morgan fingerprint density at radius 2 is 2.15 bits per heavy atom. The van der Waals surface area contributed by atoms with Crippen molar-refractivity contribution >= 4 is 23.2 Å². The fourth-order valence-corrected chi connectivity index (χ4v) is 3.11. The molecule has 0 fully saturated rings. The standard InChI is InChI=1S/C20H20ClFN2O3/c1-26-13-20(25)24(11-15-5-2-3-8-18(15)21)12-17-10-19(23-27-17)14-6-4-7-16(22)9-14/h2-9,17H,10-13H2,1H3. The van der Waals surface area contributed by atoms with E-state index in [2.05, 4.69) is 5.16 Å². The first-order valence-corrected chi connectivity index (χ1v) is 8.93. The topological polar surface area (TPSA) is 51.1 Å². The third-order valence-corrected chi connectivity index (χ3v) is 4.62. The molecule has 1 amide bonds. The average Bonchev–Trinajstić information content (AvgIpc) is 3.12. The van der Waals surface area contributed by atoms with Crippen molar-refractivity contribution in [3.63, 3.8) is 0 Å². The maximum Gasteiger partial charge on any atom is 0.248 e. The molecule has 0 spiro atoms. The van der Waals surface area contributed by atoms with Crippen LogP contribution in [0.1, 0.15) is 17.5 Å². The molecule has 0 saturated carbocycles. The van der Waals surface area contributed by atoms with Gasteiger partial charge in [-0.2, -0.15) is 0 Å². The first-order valence-electron chi connectivity index (χ1n) is 8.55. The summed E-state index contributed by atoms with van der Waals surface area (Å²) >= 11 is 6.23. The number of methoxy groups -OCH3 is 1. The molecule has 142 valence electrons. The Morgan fingerprint density at radius 1 is 1.33 bits per heavy atom. The summed E-state index contributed by atoms with van der Waals surface area (Å²) in [6.07, 6.45) is 0.175. The van der Waals surface area contributed by atoms with Gasteiger partial charge in [0, 0.05) is 30.7 Å². The van der Waals surface area contributed by atoms with Gasteiger partial charge in [-0.25, -0.2) is 4.39 Å². The van der Waals surface area contributed by atoms with E-state index >= 15 is 0 Å². The number of halogens is 2. The minimum Gasteiger partial charge on any atom is -0.390 e. The molecule has 1 unspecified atom stereocenters. The molecule has 0 saturated heterocycles. The molecular weight excluding hydrogens is 371 g/mol. The number of ether oxygens (including phenoxy) is 1. The number of amides is 1. The molecule has 0 aromatic heterocycles. The Morgan fingerprint density at radius 3 is 2.89 bits per heavy atom. The van der Waals surface area contributed by atoms with Crippen LogP contribution in [0.5, 0.6) is 0 Å². The van der Waals surface area contributed by atoms with Crippen molar-refractivity contribution in [3.8, 4) is 0 Å². The molecule has 2 aromatic carbocycles. The summed E-state index contributed by atoms with van der Waals surface area (Å²) in [5, 5.41) is 4.66. The molecule has 3 rings (SSSR count). The van der Waals surface area contributed by atoms with Gasteiger partial charge < -0.3 is 14.5 Å². The van der Waals surface area contributed by atoms with Crippen molar-refractivity contribution in [2.24, 2.45) is 5.16 Å². The van der Waals surface area contributed by atoms with E-state index in [1.165, 1.54) is 19.2 Å². The second-order valence-corrected chi connectivity index (χ2v) is 6.69. The van der Waals surface area contributed by atoms with Crippen molar-refractivity contribution in [1.82, 2.24) is 4.90 Å². The zero-order chi connectivity index (χ0) is 19.2. The molecule has 0 bridgehead atoms. The minimum atomic E-state index is -0.325. The van der Waals surface area contributed by atoms with Crippen LogP contribution in [-0.2, 0) is 20.9 Å². The van der Waals surface area contributed by atoms with Crippen LogP contribution in [0.4, 0.5) is 4.39 Å². The number of rotatable bonds is 7. The van der Waals surface area contributed by atoms with Crippen LogP contribution in [0.3, 0.4) is 0 Å². The molecule has 1 aliphatic rings. The lowest BCUT2D eigenvalue weighted by atomic mass is 10.0. The van der Waals surface area contributed by atoms with Crippen molar-refractivity contribution in [2.75, 3.05) is 20.3 Å². The number of carbonyl (C=O) groups is 1. The van der Waals surface area contributed by atoms with Gasteiger partial charge >= 0.3 is 0 Å². The number of nitrogens with zero attached hydrogens (tertiary/aromatic N) is 2. The van der Waals surface area contributed by atoms with Crippen molar-refractivity contribution in [1.29, 1.82) is 0 Å². The molecule has 1 atom stereocenters. The first-order chi connectivity index (χ1) is 13.1. The van der Waals surface area contributed by atoms with Gasteiger partial charge in [0.25, 0.3) is 0 Å². The normalized spacial score (nSPS) is 16.0. The quantitative estimate of drug-likeness (QED) is 0.725. The highest BCUT2D eigenvalue weighted by Crippen LogP contribution is 2.21. The summed E-state index contributed by atoms with van der Waals surface area (Å²) < 4.78 is 18.4. The molecule has 0 radical (unpaired) electrons. The van der Waals surface area contributed by atoms with Gasteiger partial charge in [-0.05, 0) is 23.8 Å². The van der Waals surface area contributed by atoms with Gasteiger partial charge in [0.1, 0.15) is 12.4 Å². The average molecular weight is 391 g/mol. The summed E-state index contributed by atoms with van der Waals surface area (Å²) in [5.74, 6) is -0.491. The zero-order valence-corrected chi connectivity index (χ0v) is 15.7. The molecule has 1 aliphatic heterocycles. The number of hydrogen-bond donors (Lipinski definition) is 0. The van der Waals surface area contributed by atoms with Gasteiger partial charge in [-0.1, -0.05) is 47.1 Å². The number of carbonyl (C=O) groups excluding carboxylic acids is 1. The van der Waals surface area contributed by atoms with Gasteiger partial charge in [-0.15, -0.1) is 0 Å². The minimum absolute atomic E-state index is 0.0330. The molecular formula is C20H20ClFN2O3. The Hall–Kier alpha value is -2.44. The molecule has 7 heteroatoms. The Kier molecular flexibility index (Phi) is 6.42. The highest BCUT2D eigenvalue weighted by molar-refractivity contribution is 6.31. The smallest absolute Gasteiger partial charge is 0.248 e. The van der Waals surface area contributed by atoms with E-state index in [-0.39, 0.29) is 24.4 Å². The van der Waals surface area contributed by atoms with Crippen molar-refractivity contribution < 1.29 is 18.8 Å². The lowest BCUT2D eigenvalue weighted by molar-refractivity contribution is -0.137. The van der Waals surface area contributed by atoms with Crippen LogP contribution >= 0.6 is 11.6 Å². The maximum absolute atomic E-state index is 13.4. The molecule has 27 heavy (non-hydrogen) atoms. The van der Waals surface area contributed by atoms with Gasteiger partial charge in [0.2, 0.25) is 5.91 Å². The van der Waals surface area contributed by atoms with Crippen molar-refractivity contribution in [3.05, 3.63) is 70.5 Å². The Labute approximate surface area is 162 Å². The predicted octanol–water partition coefficient (Wildman–Crippen LogP) is 3.65. The van der Waals surface area contributed by atoms with Crippen LogP contribution in [0, 0.1) is 5.82 Å². The SMILES string of the molecule is COCC(=O)N(Cc1ccccc1Cl)CC1CC(c2cccc(F)c2)=NO1. The largest absolute Gasteiger partial charge is 0.390 e. The number of hydrogen-bond acceptors (Lipinski definition) is 4. The van der Waals surface area contributed by atoms with Crippen LogP contribution in [0.2, 0.25) is 5.02 Å². The van der Waals surface area contributed by atoms with E-state index in [4.69, 9.17) is 21.2 Å². The van der Waals surface area contributed by atoms with Crippen molar-refractivity contribution in [2.45, 2.75) is 19.1 Å². The summed E-state index contributed by atoms with van der Waals surface area (Å²) in [7, 11) is 1.48. The van der Waals surface area contributed by atoms with Crippen LogP contribution in [0.15, 0.2) is 53.7 Å². The second kappa shape index (κ2) is 8.97. The molecule has 0 aliphatic carbocycles. The fourth-order valence-electron chi connectivity index (χ4n) is 2.91. The molecule has 5 nitrogen and oxygen atoms in total. The van der Waals surface area contributed by atoms with Gasteiger partial charge in [0.15, 0.2) is 6.10 Å². The monoisotopic (exact) mass is 390 g/mol. The first kappa shape index (κ1) is 19.3. The summed E-state index contributed by atoms with van der Waals surface area (Å²) in [6.45, 7) is 0.640. The second-order valence-electron chi connectivity index (χ2n) is 6.28. The Bertz CT molecular complexity index is 843. The zero-order valence-electron chi connectivity index (χ0n) is 14.9. The molecule has 1 heterocycles. The molecule has 0 N–H and O–H groups in total. The van der Waals surface area contributed by atoms with E-state index in [9.17, 15) is 9.18 Å². The summed E-state index contributed by atoms with van der Waals surface area (Å²) in [4.78, 5) is 19.6. The van der Waals surface area contributed by atoms with Crippen LogP contribution in [0.25, 0.3) is 0 Å². The summed E-state index contributed by atoms with van der Waals surface area (Å²) in [6, 6.07) is 13.6. The lowest BCUT2D eigenvalue weighted by Gasteiger charge is -2.25. The lowest BCUT2D eigenvalue weighted by Crippen LogP contribution is -2.39. The molecule has 2 aromatic rings. The van der Waals surface area contributed by atoms with E-state index in [0.29, 0.717) is 35.8 Å². The Balaban J connectivity index is 1.68. The van der Waals surface area contributed by atoms with Gasteiger partial charge in [0.05, 0.1) is 12.3 Å². The number of oxime groups is 1. The van der Waals surface area contributed by atoms with E-state index in [1.807, 2.05) is 18.2 Å². The van der Waals surface area contributed by atoms with E-state index in [0.717, 1.165) is 5.56 Å². The summed E-state index contributed by atoms with van der Waals surface area (Å²) in [5.41, 5.74) is 2.18. The highest BCUT2D eigenvalue weighted by Gasteiger charge is 2.27. The van der Waals surface area contributed by atoms with Crippen LogP contribution in [-0.4, -0.2) is 42.9 Å². The highest BCUT2D eigenvalue weighted by atomic mass is 35.5. The maximum atomic E-state index is 13.4. The fraction of sp³-hybridized carbons (Fsp3) is 0.300. The van der Waals surface area contributed by atoms with Crippen LogP contribution < -0.4 is 0 Å². The van der Waals surface area contributed by atoms with E-state index in [1.54, 1.807) is 23.1 Å². The van der Waals surface area contributed by atoms with E-state index < -0.39 is 0 Å². The van der Waals surface area contributed by atoms with Gasteiger partial charge in [-0.3, -0.25) is 4.79 Å². The predicted molar refractivity (Wildman–Crippen MR) is 101 cm³/mol. The third-order valence-electron chi connectivity index (χ3n) is 4.25. The third kappa shape index (κ3) is 5.05. The number of benzene rings is 2.